The van der Waals surface area contributed by atoms with Crippen LogP contribution in [0.3, 0.4) is 0 Å². The molecule has 0 amide bonds. The van der Waals surface area contributed by atoms with Gasteiger partial charge in [0.05, 0.1) is 24.1 Å². The Morgan fingerprint density at radius 1 is 1.13 bits per heavy atom. The first-order valence-corrected chi connectivity index (χ1v) is 7.71. The third-order valence-corrected chi connectivity index (χ3v) is 3.87. The molecule has 5 nitrogen and oxygen atoms in total. The Labute approximate surface area is 141 Å². The average Bonchev–Trinajstić information content (AvgIpc) is 2.95. The molecule has 1 aromatic heterocycles. The molecule has 0 aliphatic rings. The van der Waals surface area contributed by atoms with Gasteiger partial charge < -0.3 is 4.74 Å². The number of aliphatic imine (C=N–C) groups is 1. The number of nitrogens with one attached hydrogen (secondary N) is 2. The second-order valence-electron chi connectivity index (χ2n) is 4.83. The van der Waals surface area contributed by atoms with Crippen molar-refractivity contribution >= 4 is 27.8 Å². The number of benzene rings is 2. The Kier molecular flexibility index (Phi) is 4.43. The first-order valence-electron chi connectivity index (χ1n) is 6.92. The predicted molar refractivity (Wildman–Crippen MR) is 94.8 cm³/mol. The summed E-state index contributed by atoms with van der Waals surface area (Å²) in [6.07, 6.45) is 1.56. The van der Waals surface area contributed by atoms with E-state index >= 15 is 0 Å². The van der Waals surface area contributed by atoms with Crippen LogP contribution in [0.5, 0.6) is 5.75 Å². The van der Waals surface area contributed by atoms with Gasteiger partial charge in [0.2, 0.25) is 0 Å². The van der Waals surface area contributed by atoms with Crippen LogP contribution in [0.1, 0.15) is 5.56 Å². The number of nitrogens with zero attached hydrogens (tertiary/aromatic N) is 1. The Morgan fingerprint density at radius 2 is 1.91 bits per heavy atom. The number of H-pyrrole nitrogens is 2. The van der Waals surface area contributed by atoms with Crippen LogP contribution in [0, 0.1) is 0 Å². The molecule has 0 spiro atoms. The first kappa shape index (κ1) is 15.3. The van der Waals surface area contributed by atoms with E-state index in [1.54, 1.807) is 13.3 Å². The van der Waals surface area contributed by atoms with E-state index in [1.165, 1.54) is 0 Å². The zero-order valence-corrected chi connectivity index (χ0v) is 13.9. The summed E-state index contributed by atoms with van der Waals surface area (Å²) in [6, 6.07) is 15.0. The Balaban J connectivity index is 1.98. The summed E-state index contributed by atoms with van der Waals surface area (Å²) >= 11 is 3.38. The highest BCUT2D eigenvalue weighted by atomic mass is 79.9. The number of hydrogen-bond acceptors (Lipinski definition) is 3. The quantitative estimate of drug-likeness (QED) is 0.682. The number of ether oxygens (including phenoxy) is 1. The van der Waals surface area contributed by atoms with Crippen LogP contribution in [-0.4, -0.2) is 23.5 Å². The molecule has 2 N–H and O–H groups in total. The number of halogens is 1. The van der Waals surface area contributed by atoms with Gasteiger partial charge in [-0.25, -0.2) is 0 Å². The number of aromatic nitrogens is 2. The fourth-order valence-electron chi connectivity index (χ4n) is 2.16. The van der Waals surface area contributed by atoms with Gasteiger partial charge in [-0.05, 0) is 36.4 Å². The molecule has 0 aliphatic carbocycles. The molecule has 0 saturated heterocycles. The van der Waals surface area contributed by atoms with Crippen molar-refractivity contribution in [2.24, 2.45) is 4.99 Å². The third kappa shape index (κ3) is 3.43. The minimum absolute atomic E-state index is 0.219. The number of hydrogen-bond donors (Lipinski definition) is 2. The van der Waals surface area contributed by atoms with Crippen LogP contribution in [-0.2, 0) is 0 Å². The SMILES string of the molecule is COc1cccc(-c2[nH][nH]c(=O)c2C=Nc2ccc(Br)cc2)c1. The molecule has 1 heterocycles. The van der Waals surface area contributed by atoms with E-state index in [4.69, 9.17) is 4.74 Å². The molecule has 0 radical (unpaired) electrons. The summed E-state index contributed by atoms with van der Waals surface area (Å²) in [5, 5.41) is 5.49. The smallest absolute Gasteiger partial charge is 0.273 e. The van der Waals surface area contributed by atoms with Gasteiger partial charge in [0.25, 0.3) is 5.56 Å². The maximum atomic E-state index is 12.0. The molecule has 6 heteroatoms. The molecular formula is C17H14BrN3O2. The molecule has 116 valence electrons. The van der Waals surface area contributed by atoms with E-state index < -0.39 is 0 Å². The van der Waals surface area contributed by atoms with Gasteiger partial charge in [-0.1, -0.05) is 28.1 Å². The number of rotatable bonds is 4. The molecule has 2 aromatic carbocycles. The topological polar surface area (TPSA) is 70.2 Å². The van der Waals surface area contributed by atoms with Crippen molar-refractivity contribution in [3.63, 3.8) is 0 Å². The second-order valence-corrected chi connectivity index (χ2v) is 5.75. The molecule has 0 saturated carbocycles. The van der Waals surface area contributed by atoms with Crippen LogP contribution in [0.15, 0.2) is 62.8 Å². The molecule has 0 fully saturated rings. The number of aromatic amines is 2. The van der Waals surface area contributed by atoms with Crippen LogP contribution in [0.4, 0.5) is 5.69 Å². The van der Waals surface area contributed by atoms with Gasteiger partial charge in [0.1, 0.15) is 5.75 Å². The van der Waals surface area contributed by atoms with Crippen molar-refractivity contribution in [2.45, 2.75) is 0 Å². The fourth-order valence-corrected chi connectivity index (χ4v) is 2.43. The Hall–Kier alpha value is -2.60. The Morgan fingerprint density at radius 3 is 2.65 bits per heavy atom. The lowest BCUT2D eigenvalue weighted by atomic mass is 10.1. The predicted octanol–water partition coefficient (Wildman–Crippen LogP) is 3.89. The van der Waals surface area contributed by atoms with Crippen LogP contribution >= 0.6 is 15.9 Å². The highest BCUT2D eigenvalue weighted by Gasteiger charge is 2.10. The van der Waals surface area contributed by atoms with Crippen molar-refractivity contribution in [3.05, 3.63) is 68.9 Å². The number of methoxy groups -OCH3 is 1. The zero-order chi connectivity index (χ0) is 16.2. The molecular weight excluding hydrogens is 358 g/mol. The summed E-state index contributed by atoms with van der Waals surface area (Å²) < 4.78 is 6.20. The van der Waals surface area contributed by atoms with E-state index in [9.17, 15) is 4.79 Å². The van der Waals surface area contributed by atoms with E-state index in [-0.39, 0.29) is 5.56 Å². The van der Waals surface area contributed by atoms with E-state index in [2.05, 4.69) is 31.1 Å². The third-order valence-electron chi connectivity index (χ3n) is 3.34. The second kappa shape index (κ2) is 6.66. The lowest BCUT2D eigenvalue weighted by Gasteiger charge is -2.03. The molecule has 0 unspecified atom stereocenters. The van der Waals surface area contributed by atoms with Gasteiger partial charge in [-0.15, -0.1) is 0 Å². The van der Waals surface area contributed by atoms with Crippen molar-refractivity contribution in [1.29, 1.82) is 0 Å². The maximum absolute atomic E-state index is 12.0. The van der Waals surface area contributed by atoms with E-state index in [0.29, 0.717) is 11.3 Å². The summed E-state index contributed by atoms with van der Waals surface area (Å²) in [5.74, 6) is 0.723. The van der Waals surface area contributed by atoms with Crippen molar-refractivity contribution < 1.29 is 4.74 Å². The first-order chi connectivity index (χ1) is 11.2. The molecule has 0 bridgehead atoms. The fraction of sp³-hybridized carbons (Fsp3) is 0.0588. The van der Waals surface area contributed by atoms with Crippen molar-refractivity contribution in [2.75, 3.05) is 7.11 Å². The molecule has 3 rings (SSSR count). The average molecular weight is 372 g/mol. The maximum Gasteiger partial charge on any atom is 0.273 e. The standard InChI is InChI=1S/C17H14BrN3O2/c1-23-14-4-2-3-11(9-14)16-15(17(22)21-20-16)10-19-13-7-5-12(18)6-8-13/h2-10H,1H3,(H2,20,21,22). The summed E-state index contributed by atoms with van der Waals surface area (Å²) in [6.45, 7) is 0. The monoisotopic (exact) mass is 371 g/mol. The van der Waals surface area contributed by atoms with E-state index in [0.717, 1.165) is 21.5 Å². The Bertz CT molecular complexity index is 895. The zero-order valence-electron chi connectivity index (χ0n) is 12.3. The van der Waals surface area contributed by atoms with Gasteiger partial charge in [-0.2, -0.15) is 0 Å². The van der Waals surface area contributed by atoms with Crippen molar-refractivity contribution in [1.82, 2.24) is 10.2 Å². The normalized spacial score (nSPS) is 11.0. The molecule has 0 atom stereocenters. The van der Waals surface area contributed by atoms with Gasteiger partial charge >= 0.3 is 0 Å². The highest BCUT2D eigenvalue weighted by molar-refractivity contribution is 9.10. The minimum atomic E-state index is -0.219. The van der Waals surface area contributed by atoms with Gasteiger partial charge in [0.15, 0.2) is 0 Å². The van der Waals surface area contributed by atoms with Crippen LogP contribution in [0.25, 0.3) is 11.3 Å². The van der Waals surface area contributed by atoms with Gasteiger partial charge in [-0.3, -0.25) is 20.0 Å². The lowest BCUT2D eigenvalue weighted by Crippen LogP contribution is -2.05. The van der Waals surface area contributed by atoms with Crippen LogP contribution in [0.2, 0.25) is 0 Å². The summed E-state index contributed by atoms with van der Waals surface area (Å²) in [4.78, 5) is 16.4. The van der Waals surface area contributed by atoms with Gasteiger partial charge in [0, 0.05) is 16.3 Å². The molecule has 0 aliphatic heterocycles. The molecule has 23 heavy (non-hydrogen) atoms. The molecule has 3 aromatic rings. The van der Waals surface area contributed by atoms with E-state index in [1.807, 2.05) is 48.5 Å². The lowest BCUT2D eigenvalue weighted by molar-refractivity contribution is 0.415. The van der Waals surface area contributed by atoms with Crippen LogP contribution < -0.4 is 10.3 Å². The van der Waals surface area contributed by atoms with Crippen molar-refractivity contribution in [3.8, 4) is 17.0 Å². The summed E-state index contributed by atoms with van der Waals surface area (Å²) in [5.41, 5.74) is 2.55. The summed E-state index contributed by atoms with van der Waals surface area (Å²) in [7, 11) is 1.61. The minimum Gasteiger partial charge on any atom is -0.497 e. The largest absolute Gasteiger partial charge is 0.497 e. The highest BCUT2D eigenvalue weighted by Crippen LogP contribution is 2.23.